The summed E-state index contributed by atoms with van der Waals surface area (Å²) in [6.07, 6.45) is 5.83. The normalized spacial score (nSPS) is 10.4. The zero-order valence-electron chi connectivity index (χ0n) is 9.51. The van der Waals surface area contributed by atoms with Crippen LogP contribution >= 0.6 is 0 Å². The van der Waals surface area contributed by atoms with E-state index in [0.29, 0.717) is 18.2 Å². The summed E-state index contributed by atoms with van der Waals surface area (Å²) in [7, 11) is 0. The second-order valence-electron chi connectivity index (χ2n) is 3.88. The summed E-state index contributed by atoms with van der Waals surface area (Å²) >= 11 is 0. The molecule has 2 heterocycles. The summed E-state index contributed by atoms with van der Waals surface area (Å²) in [5, 5.41) is 0. The molecule has 0 aliphatic carbocycles. The third kappa shape index (κ3) is 2.34. The van der Waals surface area contributed by atoms with Gasteiger partial charge in [-0.3, -0.25) is 0 Å². The van der Waals surface area contributed by atoms with Crippen LogP contribution in [0.1, 0.15) is 17.0 Å². The monoisotopic (exact) mass is 215 g/mol. The van der Waals surface area contributed by atoms with Crippen LogP contribution in [0.2, 0.25) is 0 Å². The zero-order chi connectivity index (χ0) is 11.5. The van der Waals surface area contributed by atoms with Crippen LogP contribution in [0.3, 0.4) is 0 Å². The molecule has 4 nitrogen and oxygen atoms in total. The maximum atomic E-state index is 5.83. The fourth-order valence-electron chi connectivity index (χ4n) is 1.47. The number of pyridine rings is 1. The maximum absolute atomic E-state index is 5.83. The maximum Gasteiger partial charge on any atom is 0.178 e. The van der Waals surface area contributed by atoms with E-state index >= 15 is 0 Å². The van der Waals surface area contributed by atoms with Crippen LogP contribution in [0.4, 0.5) is 5.82 Å². The lowest BCUT2D eigenvalue weighted by Crippen LogP contribution is -2.33. The highest BCUT2D eigenvalue weighted by molar-refractivity contribution is 5.36. The van der Waals surface area contributed by atoms with Gasteiger partial charge in [0.25, 0.3) is 0 Å². The van der Waals surface area contributed by atoms with Crippen molar-refractivity contribution in [2.45, 2.75) is 20.4 Å². The van der Waals surface area contributed by atoms with Crippen molar-refractivity contribution in [3.63, 3.8) is 0 Å². The summed E-state index contributed by atoms with van der Waals surface area (Å²) in [5.74, 6) is 1.26. The first-order valence-corrected chi connectivity index (χ1v) is 5.19. The van der Waals surface area contributed by atoms with Crippen LogP contribution in [0.25, 0.3) is 0 Å². The van der Waals surface area contributed by atoms with Crippen molar-refractivity contribution in [1.82, 2.24) is 9.97 Å². The van der Waals surface area contributed by atoms with Crippen LogP contribution in [-0.4, -0.2) is 9.97 Å². The lowest BCUT2D eigenvalue weighted by molar-refractivity contribution is -0.688. The molecular formula is C12H15N4+. The number of aryl methyl sites for hydroxylation is 2. The molecule has 0 spiro atoms. The highest BCUT2D eigenvalue weighted by Gasteiger charge is 2.07. The van der Waals surface area contributed by atoms with Crippen LogP contribution < -0.4 is 10.3 Å². The molecule has 2 N–H and O–H groups in total. The molecule has 0 radical (unpaired) electrons. The van der Waals surface area contributed by atoms with Crippen LogP contribution in [0.15, 0.2) is 30.7 Å². The molecule has 0 unspecified atom stereocenters. The van der Waals surface area contributed by atoms with Crippen LogP contribution in [0.5, 0.6) is 0 Å². The molecule has 4 heteroatoms. The Balaban J connectivity index is 2.23. The van der Waals surface area contributed by atoms with Gasteiger partial charge >= 0.3 is 0 Å². The van der Waals surface area contributed by atoms with Gasteiger partial charge in [0.05, 0.1) is 5.56 Å². The Morgan fingerprint density at radius 1 is 1.25 bits per heavy atom. The molecule has 0 fully saturated rings. The fourth-order valence-corrected chi connectivity index (χ4v) is 1.47. The highest BCUT2D eigenvalue weighted by Crippen LogP contribution is 2.06. The van der Waals surface area contributed by atoms with Crippen molar-refractivity contribution in [2.75, 3.05) is 5.73 Å². The Kier molecular flexibility index (Phi) is 2.81. The van der Waals surface area contributed by atoms with Gasteiger partial charge in [0.1, 0.15) is 11.6 Å². The van der Waals surface area contributed by atoms with E-state index < -0.39 is 0 Å². The second-order valence-corrected chi connectivity index (χ2v) is 3.88. The van der Waals surface area contributed by atoms with Gasteiger partial charge in [0.15, 0.2) is 18.9 Å². The quantitative estimate of drug-likeness (QED) is 0.761. The Labute approximate surface area is 94.8 Å². The van der Waals surface area contributed by atoms with E-state index in [9.17, 15) is 0 Å². The average Bonchev–Trinajstić information content (AvgIpc) is 2.25. The first-order chi connectivity index (χ1) is 7.65. The Morgan fingerprint density at radius 2 is 1.94 bits per heavy atom. The molecular weight excluding hydrogens is 200 g/mol. The van der Waals surface area contributed by atoms with Crippen molar-refractivity contribution < 1.29 is 4.57 Å². The minimum atomic E-state index is 0.556. The molecule has 2 rings (SSSR count). The van der Waals surface area contributed by atoms with Crippen molar-refractivity contribution >= 4 is 5.82 Å². The number of nitrogens with two attached hydrogens (primary N) is 1. The SMILES string of the molecule is Cc1cc[n+](Cc2cnc(C)nc2N)cc1. The number of nitrogen functional groups attached to an aromatic ring is 1. The van der Waals surface area contributed by atoms with E-state index in [1.807, 2.05) is 19.3 Å². The molecule has 0 aromatic carbocycles. The molecule has 2 aromatic rings. The molecule has 0 bridgehead atoms. The number of hydrogen-bond donors (Lipinski definition) is 1. The molecule has 2 aromatic heterocycles. The summed E-state index contributed by atoms with van der Waals surface area (Å²) in [5.41, 5.74) is 8.02. The molecule has 82 valence electrons. The van der Waals surface area contributed by atoms with E-state index in [0.717, 1.165) is 5.56 Å². The summed E-state index contributed by atoms with van der Waals surface area (Å²) in [6, 6.07) is 4.12. The van der Waals surface area contributed by atoms with E-state index in [1.165, 1.54) is 5.56 Å². The number of aromatic nitrogens is 3. The second kappa shape index (κ2) is 4.26. The largest absolute Gasteiger partial charge is 0.383 e. The van der Waals surface area contributed by atoms with Gasteiger partial charge in [0.2, 0.25) is 0 Å². The molecule has 0 saturated heterocycles. The zero-order valence-corrected chi connectivity index (χ0v) is 9.51. The number of rotatable bonds is 2. The number of hydrogen-bond acceptors (Lipinski definition) is 3. The van der Waals surface area contributed by atoms with Gasteiger partial charge in [-0.25, -0.2) is 14.5 Å². The number of anilines is 1. The van der Waals surface area contributed by atoms with E-state index in [-0.39, 0.29) is 0 Å². The van der Waals surface area contributed by atoms with Gasteiger partial charge < -0.3 is 5.73 Å². The molecule has 0 amide bonds. The fraction of sp³-hybridized carbons (Fsp3) is 0.250. The number of nitrogens with zero attached hydrogens (tertiary/aromatic N) is 3. The standard InChI is InChI=1S/C12H15N4/c1-9-3-5-16(6-4-9)8-11-7-14-10(2)15-12(11)13/h3-7H,8H2,1-2H3,(H2,13,14,15)/q+1. The first kappa shape index (κ1) is 10.5. The Bertz CT molecular complexity index is 491. The van der Waals surface area contributed by atoms with Gasteiger partial charge in [-0.1, -0.05) is 0 Å². The predicted molar refractivity (Wildman–Crippen MR) is 61.7 cm³/mol. The topological polar surface area (TPSA) is 55.7 Å². The van der Waals surface area contributed by atoms with E-state index in [2.05, 4.69) is 33.6 Å². The van der Waals surface area contributed by atoms with Crippen molar-refractivity contribution in [3.8, 4) is 0 Å². The minimum absolute atomic E-state index is 0.556. The predicted octanol–water partition coefficient (Wildman–Crippen LogP) is 1.01. The Hall–Kier alpha value is -1.97. The molecule has 0 atom stereocenters. The van der Waals surface area contributed by atoms with Gasteiger partial charge in [-0.15, -0.1) is 0 Å². The average molecular weight is 215 g/mol. The molecule has 0 aliphatic rings. The van der Waals surface area contributed by atoms with E-state index in [1.54, 1.807) is 6.20 Å². The van der Waals surface area contributed by atoms with Gasteiger partial charge in [0, 0.05) is 18.3 Å². The third-order valence-electron chi connectivity index (χ3n) is 2.43. The van der Waals surface area contributed by atoms with Crippen molar-refractivity contribution in [2.24, 2.45) is 0 Å². The van der Waals surface area contributed by atoms with Gasteiger partial charge in [-0.05, 0) is 19.4 Å². The van der Waals surface area contributed by atoms with Crippen LogP contribution in [0, 0.1) is 13.8 Å². The molecule has 16 heavy (non-hydrogen) atoms. The molecule has 0 aliphatic heterocycles. The van der Waals surface area contributed by atoms with Crippen molar-refractivity contribution in [1.29, 1.82) is 0 Å². The summed E-state index contributed by atoms with van der Waals surface area (Å²) < 4.78 is 2.05. The van der Waals surface area contributed by atoms with Crippen LogP contribution in [-0.2, 0) is 6.54 Å². The smallest absolute Gasteiger partial charge is 0.178 e. The van der Waals surface area contributed by atoms with Crippen molar-refractivity contribution in [3.05, 3.63) is 47.7 Å². The first-order valence-electron chi connectivity index (χ1n) is 5.19. The van der Waals surface area contributed by atoms with Gasteiger partial charge in [-0.2, -0.15) is 0 Å². The van der Waals surface area contributed by atoms with E-state index in [4.69, 9.17) is 5.73 Å². The highest BCUT2D eigenvalue weighted by atomic mass is 15.0. The lowest BCUT2D eigenvalue weighted by Gasteiger charge is -2.02. The minimum Gasteiger partial charge on any atom is -0.383 e. The third-order valence-corrected chi connectivity index (χ3v) is 2.43. The Morgan fingerprint density at radius 3 is 2.56 bits per heavy atom. The summed E-state index contributed by atoms with van der Waals surface area (Å²) in [4.78, 5) is 8.29. The molecule has 0 saturated carbocycles. The summed E-state index contributed by atoms with van der Waals surface area (Å²) in [6.45, 7) is 4.60. The lowest BCUT2D eigenvalue weighted by atomic mass is 10.2.